The number of nitrogens with zero attached hydrogens (tertiary/aromatic N) is 3. The molecule has 1 amide bonds. The van der Waals surface area contributed by atoms with Gasteiger partial charge in [-0.2, -0.15) is 9.97 Å². The van der Waals surface area contributed by atoms with Gasteiger partial charge in [0.15, 0.2) is 0 Å². The number of carbonyl (C=O) groups excluding carboxylic acids is 1. The molecule has 0 saturated carbocycles. The highest BCUT2D eigenvalue weighted by Crippen LogP contribution is 2.29. The van der Waals surface area contributed by atoms with Crippen molar-refractivity contribution >= 4 is 28.3 Å². The highest BCUT2D eigenvalue weighted by atomic mass is 16.5. The van der Waals surface area contributed by atoms with Crippen molar-refractivity contribution in [2.75, 3.05) is 11.9 Å². The van der Waals surface area contributed by atoms with Crippen molar-refractivity contribution < 1.29 is 14.3 Å². The Morgan fingerprint density at radius 2 is 1.88 bits per heavy atom. The van der Waals surface area contributed by atoms with Crippen LogP contribution in [0.2, 0.25) is 0 Å². The molecule has 8 heteroatoms. The van der Waals surface area contributed by atoms with E-state index >= 15 is 0 Å². The lowest BCUT2D eigenvalue weighted by Crippen LogP contribution is -2.32. The van der Waals surface area contributed by atoms with Crippen molar-refractivity contribution in [1.82, 2.24) is 20.3 Å². The number of aryl methyl sites for hydroxylation is 1. The molecule has 2 N–H and O–H groups in total. The van der Waals surface area contributed by atoms with E-state index in [1.807, 2.05) is 74.5 Å². The Hall–Kier alpha value is -4.20. The van der Waals surface area contributed by atoms with Crippen molar-refractivity contribution in [2.24, 2.45) is 0 Å². The average Bonchev–Trinajstić information content (AvgIpc) is 2.83. The van der Waals surface area contributed by atoms with Crippen LogP contribution in [0.3, 0.4) is 0 Å². The number of carbonyl (C=O) groups is 1. The number of aromatic nitrogens is 3. The van der Waals surface area contributed by atoms with Gasteiger partial charge >= 0.3 is 6.01 Å². The first kappa shape index (κ1) is 23.0. The van der Waals surface area contributed by atoms with E-state index in [1.54, 1.807) is 6.20 Å². The Morgan fingerprint density at radius 3 is 2.65 bits per heavy atom. The number of anilines is 2. The van der Waals surface area contributed by atoms with E-state index in [2.05, 4.69) is 25.6 Å². The minimum Gasteiger partial charge on any atom is -0.487 e. The summed E-state index contributed by atoms with van der Waals surface area (Å²) >= 11 is 0. The molecule has 4 aromatic rings. The van der Waals surface area contributed by atoms with Gasteiger partial charge in [0.2, 0.25) is 5.91 Å². The summed E-state index contributed by atoms with van der Waals surface area (Å²) in [6, 6.07) is 19.6. The van der Waals surface area contributed by atoms with Crippen LogP contribution in [0, 0.1) is 6.92 Å². The van der Waals surface area contributed by atoms with Gasteiger partial charge in [-0.3, -0.25) is 9.78 Å². The maximum Gasteiger partial charge on any atom is 0.319 e. The molecule has 2 aromatic carbocycles. The summed E-state index contributed by atoms with van der Waals surface area (Å²) in [4.78, 5) is 24.6. The molecule has 8 nitrogen and oxygen atoms in total. The molecular formula is C26H27N5O3. The van der Waals surface area contributed by atoms with Crippen molar-refractivity contribution in [3.8, 4) is 11.8 Å². The summed E-state index contributed by atoms with van der Waals surface area (Å²) in [6.45, 7) is 6.10. The molecule has 174 valence electrons. The number of rotatable bonds is 9. The third kappa shape index (κ3) is 5.98. The highest BCUT2D eigenvalue weighted by Gasteiger charge is 2.13. The number of ether oxygens (including phenoxy) is 2. The molecular weight excluding hydrogens is 430 g/mol. The fraction of sp³-hybridized carbons (Fsp3) is 0.231. The highest BCUT2D eigenvalue weighted by molar-refractivity contribution is 5.91. The van der Waals surface area contributed by atoms with Gasteiger partial charge in [-0.05, 0) is 61.9 Å². The van der Waals surface area contributed by atoms with Crippen LogP contribution < -0.4 is 20.1 Å². The molecule has 0 fully saturated rings. The number of pyridine rings is 1. The molecule has 2 aromatic heterocycles. The zero-order valence-electron chi connectivity index (χ0n) is 19.4. The largest absolute Gasteiger partial charge is 0.487 e. The Balaban J connectivity index is 1.52. The van der Waals surface area contributed by atoms with Crippen LogP contribution in [0.25, 0.3) is 10.9 Å². The second-order valence-corrected chi connectivity index (χ2v) is 7.95. The minimum absolute atomic E-state index is 0.111. The molecule has 34 heavy (non-hydrogen) atoms. The van der Waals surface area contributed by atoms with Gasteiger partial charge in [-0.1, -0.05) is 18.2 Å². The quantitative estimate of drug-likeness (QED) is 0.380. The first-order valence-corrected chi connectivity index (χ1v) is 11.1. The second kappa shape index (κ2) is 10.6. The number of benzene rings is 2. The number of fused-ring (bicyclic) bond motifs is 1. The second-order valence-electron chi connectivity index (χ2n) is 7.95. The van der Waals surface area contributed by atoms with Gasteiger partial charge < -0.3 is 20.1 Å². The Kier molecular flexibility index (Phi) is 7.17. The third-order valence-corrected chi connectivity index (χ3v) is 5.07. The molecule has 0 aliphatic heterocycles. The van der Waals surface area contributed by atoms with Crippen LogP contribution in [-0.4, -0.2) is 33.5 Å². The number of para-hydroxylation sites is 1. The lowest BCUT2D eigenvalue weighted by atomic mass is 10.2. The summed E-state index contributed by atoms with van der Waals surface area (Å²) in [5, 5.41) is 7.00. The predicted octanol–water partition coefficient (Wildman–Crippen LogP) is 4.56. The zero-order valence-corrected chi connectivity index (χ0v) is 19.4. The molecule has 0 spiro atoms. The number of hydrogen-bond donors (Lipinski definition) is 2. The average molecular weight is 458 g/mol. The molecule has 0 aliphatic rings. The molecule has 0 saturated heterocycles. The first-order valence-electron chi connectivity index (χ1n) is 11.1. The fourth-order valence-corrected chi connectivity index (χ4v) is 3.37. The molecule has 0 bridgehead atoms. The van der Waals surface area contributed by atoms with Crippen molar-refractivity contribution in [3.63, 3.8) is 0 Å². The van der Waals surface area contributed by atoms with E-state index in [0.717, 1.165) is 33.6 Å². The predicted molar refractivity (Wildman–Crippen MR) is 131 cm³/mol. The fourth-order valence-electron chi connectivity index (χ4n) is 3.37. The van der Waals surface area contributed by atoms with E-state index in [1.165, 1.54) is 6.92 Å². The Labute approximate surface area is 198 Å². The zero-order chi connectivity index (χ0) is 23.9. The SMILES string of the molecule is CC(=O)NC[C@@H](C)Oc1nc(Nc2ccc(OCc3ccccn3)c(C)c2)c2ccccc2n1. The van der Waals surface area contributed by atoms with Crippen LogP contribution in [0.5, 0.6) is 11.8 Å². The van der Waals surface area contributed by atoms with E-state index in [4.69, 9.17) is 9.47 Å². The van der Waals surface area contributed by atoms with Crippen LogP contribution >= 0.6 is 0 Å². The summed E-state index contributed by atoms with van der Waals surface area (Å²) in [7, 11) is 0. The van der Waals surface area contributed by atoms with Crippen LogP contribution in [0.1, 0.15) is 25.1 Å². The molecule has 4 rings (SSSR count). The molecule has 0 radical (unpaired) electrons. The van der Waals surface area contributed by atoms with Crippen molar-refractivity contribution in [1.29, 1.82) is 0 Å². The van der Waals surface area contributed by atoms with E-state index in [-0.39, 0.29) is 18.0 Å². The van der Waals surface area contributed by atoms with Crippen LogP contribution in [0.4, 0.5) is 11.5 Å². The van der Waals surface area contributed by atoms with Gasteiger partial charge in [-0.25, -0.2) is 0 Å². The number of amides is 1. The van der Waals surface area contributed by atoms with Crippen molar-refractivity contribution in [3.05, 3.63) is 78.1 Å². The normalized spacial score (nSPS) is 11.6. The maximum absolute atomic E-state index is 11.2. The monoisotopic (exact) mass is 457 g/mol. The van der Waals surface area contributed by atoms with E-state index in [0.29, 0.717) is 19.0 Å². The molecule has 0 unspecified atom stereocenters. The number of hydrogen-bond acceptors (Lipinski definition) is 7. The molecule has 0 aliphatic carbocycles. The van der Waals surface area contributed by atoms with Gasteiger partial charge in [0.1, 0.15) is 24.3 Å². The smallest absolute Gasteiger partial charge is 0.319 e. The van der Waals surface area contributed by atoms with E-state index < -0.39 is 0 Å². The van der Waals surface area contributed by atoms with E-state index in [9.17, 15) is 4.79 Å². The van der Waals surface area contributed by atoms with Crippen molar-refractivity contribution in [2.45, 2.75) is 33.5 Å². The van der Waals surface area contributed by atoms with Gasteiger partial charge in [0, 0.05) is 24.2 Å². The minimum atomic E-state index is -0.282. The maximum atomic E-state index is 11.2. The Bertz CT molecular complexity index is 1280. The van der Waals surface area contributed by atoms with Crippen LogP contribution in [0.15, 0.2) is 66.9 Å². The lowest BCUT2D eigenvalue weighted by Gasteiger charge is -2.16. The summed E-state index contributed by atoms with van der Waals surface area (Å²) in [5.74, 6) is 1.31. The van der Waals surface area contributed by atoms with Crippen LogP contribution in [-0.2, 0) is 11.4 Å². The third-order valence-electron chi connectivity index (χ3n) is 5.07. The Morgan fingerprint density at radius 1 is 1.06 bits per heavy atom. The van der Waals surface area contributed by atoms with Gasteiger partial charge in [0.25, 0.3) is 0 Å². The first-order chi connectivity index (χ1) is 16.5. The standard InChI is InChI=1S/C26H27N5O3/c1-17-14-20(11-12-24(17)33-16-21-8-6-7-13-27-21)29-25-22-9-4-5-10-23(22)30-26(31-25)34-18(2)15-28-19(3)32/h4-14,18H,15-16H2,1-3H3,(H,28,32)(H,29,30,31)/t18-/m1/s1. The lowest BCUT2D eigenvalue weighted by molar-refractivity contribution is -0.119. The summed E-state index contributed by atoms with van der Waals surface area (Å²) in [6.07, 6.45) is 1.47. The van der Waals surface area contributed by atoms with Gasteiger partial charge in [-0.15, -0.1) is 0 Å². The summed E-state index contributed by atoms with van der Waals surface area (Å²) < 4.78 is 11.8. The summed E-state index contributed by atoms with van der Waals surface area (Å²) in [5.41, 5.74) is 3.48. The van der Waals surface area contributed by atoms with Gasteiger partial charge in [0.05, 0.1) is 17.8 Å². The topological polar surface area (TPSA) is 98.3 Å². The molecule has 2 heterocycles. The molecule has 1 atom stereocenters. The number of nitrogens with one attached hydrogen (secondary N) is 2.